The second kappa shape index (κ2) is 5.84. The summed E-state index contributed by atoms with van der Waals surface area (Å²) in [6.45, 7) is 2.94. The number of H-pyrrole nitrogens is 1. The van der Waals surface area contributed by atoms with Crippen molar-refractivity contribution >= 4 is 10.8 Å². The molecule has 0 aliphatic rings. The van der Waals surface area contributed by atoms with Crippen molar-refractivity contribution in [3.05, 3.63) is 60.4 Å². The van der Waals surface area contributed by atoms with Crippen LogP contribution in [0.1, 0.15) is 30.8 Å². The molecule has 0 aliphatic heterocycles. The number of rotatable bonds is 5. The van der Waals surface area contributed by atoms with Crippen molar-refractivity contribution in [2.45, 2.75) is 25.9 Å². The van der Waals surface area contributed by atoms with Gasteiger partial charge in [0.25, 0.3) is 0 Å². The van der Waals surface area contributed by atoms with Crippen LogP contribution < -0.4 is 5.32 Å². The number of aromatic nitrogens is 3. The van der Waals surface area contributed by atoms with Crippen LogP contribution in [0, 0.1) is 0 Å². The molecular formula is C16H18N4. The second-order valence-electron chi connectivity index (χ2n) is 4.84. The van der Waals surface area contributed by atoms with Crippen molar-refractivity contribution in [2.24, 2.45) is 0 Å². The van der Waals surface area contributed by atoms with Gasteiger partial charge in [-0.25, -0.2) is 4.98 Å². The number of imidazole rings is 1. The number of nitrogens with one attached hydrogen (secondary N) is 2. The van der Waals surface area contributed by atoms with Crippen LogP contribution in [0.15, 0.2) is 49.1 Å². The Morgan fingerprint density at radius 1 is 1.25 bits per heavy atom. The molecule has 0 amide bonds. The molecule has 0 saturated carbocycles. The van der Waals surface area contributed by atoms with Crippen molar-refractivity contribution in [3.63, 3.8) is 0 Å². The SMILES string of the molecule is CCC(NCc1cncc2ccccc12)c1ncc[nH]1. The third-order valence-corrected chi connectivity index (χ3v) is 3.55. The molecule has 0 fully saturated rings. The molecule has 2 heterocycles. The summed E-state index contributed by atoms with van der Waals surface area (Å²) in [5, 5.41) is 5.98. The van der Waals surface area contributed by atoms with Gasteiger partial charge in [0.15, 0.2) is 0 Å². The lowest BCUT2D eigenvalue weighted by Crippen LogP contribution is -2.21. The Bertz CT molecular complexity index is 671. The highest BCUT2D eigenvalue weighted by Gasteiger charge is 2.11. The van der Waals surface area contributed by atoms with Gasteiger partial charge in [0.1, 0.15) is 5.82 Å². The topological polar surface area (TPSA) is 53.6 Å². The highest BCUT2D eigenvalue weighted by Crippen LogP contribution is 2.18. The summed E-state index contributed by atoms with van der Waals surface area (Å²) in [4.78, 5) is 11.8. The van der Waals surface area contributed by atoms with E-state index in [1.807, 2.05) is 24.7 Å². The molecule has 102 valence electrons. The minimum absolute atomic E-state index is 0.240. The number of hydrogen-bond donors (Lipinski definition) is 2. The normalized spacial score (nSPS) is 12.7. The first-order chi connectivity index (χ1) is 9.88. The van der Waals surface area contributed by atoms with Crippen LogP contribution in [0.5, 0.6) is 0 Å². The minimum Gasteiger partial charge on any atom is -0.347 e. The van der Waals surface area contributed by atoms with E-state index in [2.05, 4.69) is 45.4 Å². The smallest absolute Gasteiger partial charge is 0.123 e. The first kappa shape index (κ1) is 12.8. The summed E-state index contributed by atoms with van der Waals surface area (Å²) in [5.41, 5.74) is 1.22. The van der Waals surface area contributed by atoms with Crippen LogP contribution in [0.2, 0.25) is 0 Å². The monoisotopic (exact) mass is 266 g/mol. The lowest BCUT2D eigenvalue weighted by atomic mass is 10.1. The zero-order chi connectivity index (χ0) is 13.8. The van der Waals surface area contributed by atoms with E-state index in [0.29, 0.717) is 0 Å². The van der Waals surface area contributed by atoms with Gasteiger partial charge in [-0.05, 0) is 17.4 Å². The lowest BCUT2D eigenvalue weighted by Gasteiger charge is -2.15. The predicted molar refractivity (Wildman–Crippen MR) is 80.2 cm³/mol. The molecule has 0 bridgehead atoms. The molecule has 4 nitrogen and oxygen atoms in total. The van der Waals surface area contributed by atoms with E-state index < -0.39 is 0 Å². The van der Waals surface area contributed by atoms with Crippen molar-refractivity contribution in [1.29, 1.82) is 0 Å². The molecule has 1 atom stereocenters. The van der Waals surface area contributed by atoms with E-state index in [9.17, 15) is 0 Å². The molecule has 2 aromatic heterocycles. The number of fused-ring (bicyclic) bond motifs is 1. The van der Waals surface area contributed by atoms with E-state index in [1.54, 1.807) is 6.20 Å². The van der Waals surface area contributed by atoms with Crippen LogP contribution in [-0.2, 0) is 6.54 Å². The van der Waals surface area contributed by atoms with E-state index in [0.717, 1.165) is 18.8 Å². The summed E-state index contributed by atoms with van der Waals surface area (Å²) in [6.07, 6.45) is 8.48. The predicted octanol–water partition coefficient (Wildman–Crippen LogP) is 3.20. The van der Waals surface area contributed by atoms with Gasteiger partial charge in [0, 0.05) is 36.7 Å². The van der Waals surface area contributed by atoms with Gasteiger partial charge < -0.3 is 10.3 Å². The van der Waals surface area contributed by atoms with Gasteiger partial charge >= 0.3 is 0 Å². The van der Waals surface area contributed by atoms with Crippen LogP contribution in [-0.4, -0.2) is 15.0 Å². The summed E-state index contributed by atoms with van der Waals surface area (Å²) < 4.78 is 0. The van der Waals surface area contributed by atoms with Gasteiger partial charge in [-0.1, -0.05) is 31.2 Å². The molecule has 1 aromatic carbocycles. The van der Waals surface area contributed by atoms with Gasteiger partial charge in [0.2, 0.25) is 0 Å². The molecule has 2 N–H and O–H groups in total. The number of benzene rings is 1. The van der Waals surface area contributed by atoms with Crippen LogP contribution in [0.4, 0.5) is 0 Å². The number of aromatic amines is 1. The van der Waals surface area contributed by atoms with Crippen molar-refractivity contribution < 1.29 is 0 Å². The Kier molecular flexibility index (Phi) is 3.74. The number of pyridine rings is 1. The van der Waals surface area contributed by atoms with E-state index in [4.69, 9.17) is 0 Å². The largest absolute Gasteiger partial charge is 0.347 e. The van der Waals surface area contributed by atoms with E-state index in [-0.39, 0.29) is 6.04 Å². The molecule has 1 unspecified atom stereocenters. The first-order valence-electron chi connectivity index (χ1n) is 6.92. The molecule has 0 saturated heterocycles. The number of hydrogen-bond acceptors (Lipinski definition) is 3. The Labute approximate surface area is 118 Å². The van der Waals surface area contributed by atoms with E-state index in [1.165, 1.54) is 16.3 Å². The Balaban J connectivity index is 1.80. The van der Waals surface area contributed by atoms with Crippen molar-refractivity contribution in [1.82, 2.24) is 20.3 Å². The zero-order valence-electron chi connectivity index (χ0n) is 11.5. The molecule has 20 heavy (non-hydrogen) atoms. The molecule has 0 spiro atoms. The lowest BCUT2D eigenvalue weighted by molar-refractivity contribution is 0.498. The third-order valence-electron chi connectivity index (χ3n) is 3.55. The third kappa shape index (κ3) is 2.56. The molecule has 4 heteroatoms. The maximum Gasteiger partial charge on any atom is 0.123 e. The molecule has 3 aromatic rings. The highest BCUT2D eigenvalue weighted by molar-refractivity contribution is 5.84. The van der Waals surface area contributed by atoms with Gasteiger partial charge in [-0.2, -0.15) is 0 Å². The van der Waals surface area contributed by atoms with E-state index >= 15 is 0 Å². The Hall–Kier alpha value is -2.20. The Morgan fingerprint density at radius 2 is 2.15 bits per heavy atom. The molecule has 0 aliphatic carbocycles. The zero-order valence-corrected chi connectivity index (χ0v) is 11.5. The number of nitrogens with zero attached hydrogens (tertiary/aromatic N) is 2. The fraction of sp³-hybridized carbons (Fsp3) is 0.250. The average molecular weight is 266 g/mol. The minimum atomic E-state index is 0.240. The molecule has 0 radical (unpaired) electrons. The van der Waals surface area contributed by atoms with Crippen LogP contribution in [0.3, 0.4) is 0 Å². The molecular weight excluding hydrogens is 248 g/mol. The fourth-order valence-electron chi connectivity index (χ4n) is 2.46. The van der Waals surface area contributed by atoms with Gasteiger partial charge in [-0.3, -0.25) is 4.98 Å². The highest BCUT2D eigenvalue weighted by atomic mass is 15.0. The Morgan fingerprint density at radius 3 is 2.95 bits per heavy atom. The standard InChI is InChI=1S/C16H18N4/c1-2-15(16-18-7-8-19-16)20-11-13-10-17-9-12-5-3-4-6-14(12)13/h3-10,15,20H,2,11H2,1H3,(H,18,19). The maximum atomic E-state index is 4.33. The van der Waals surface area contributed by atoms with Crippen LogP contribution >= 0.6 is 0 Å². The second-order valence-corrected chi connectivity index (χ2v) is 4.84. The first-order valence-corrected chi connectivity index (χ1v) is 6.92. The van der Waals surface area contributed by atoms with Crippen LogP contribution in [0.25, 0.3) is 10.8 Å². The summed E-state index contributed by atoms with van der Waals surface area (Å²) in [5.74, 6) is 0.987. The molecule has 3 rings (SSSR count). The van der Waals surface area contributed by atoms with Gasteiger partial charge in [-0.15, -0.1) is 0 Å². The summed E-state index contributed by atoms with van der Waals surface area (Å²) in [7, 11) is 0. The average Bonchev–Trinajstić information content (AvgIpc) is 3.02. The summed E-state index contributed by atoms with van der Waals surface area (Å²) in [6, 6.07) is 8.58. The maximum absolute atomic E-state index is 4.33. The van der Waals surface area contributed by atoms with Crippen molar-refractivity contribution in [2.75, 3.05) is 0 Å². The fourth-order valence-corrected chi connectivity index (χ4v) is 2.46. The summed E-state index contributed by atoms with van der Waals surface area (Å²) >= 11 is 0. The quantitative estimate of drug-likeness (QED) is 0.745. The van der Waals surface area contributed by atoms with Gasteiger partial charge in [0.05, 0.1) is 6.04 Å². The van der Waals surface area contributed by atoms with Crippen molar-refractivity contribution in [3.8, 4) is 0 Å².